The van der Waals surface area contributed by atoms with Crippen LogP contribution in [0.25, 0.3) is 11.0 Å². The van der Waals surface area contributed by atoms with Crippen LogP contribution in [0.5, 0.6) is 0 Å². The predicted octanol–water partition coefficient (Wildman–Crippen LogP) is 1.98. The molecule has 2 aromatic rings. The van der Waals surface area contributed by atoms with Gasteiger partial charge in [-0.25, -0.2) is 0 Å². The summed E-state index contributed by atoms with van der Waals surface area (Å²) in [4.78, 5) is 36.3. The Labute approximate surface area is 133 Å². The molecule has 0 saturated carbocycles. The van der Waals surface area contributed by atoms with E-state index in [1.807, 2.05) is 25.1 Å². The standard InChI is InChI=1S/C17H17NO5/c1-11-4-5-13-12(9-22-14(13)7-11)8-17(21)23-10-16(20)18-6-2-3-15(18)19/h4-5,7,9H,2-3,6,8,10H2,1H3. The number of carbonyl (C=O) groups excluding carboxylic acids is 3. The summed E-state index contributed by atoms with van der Waals surface area (Å²) in [7, 11) is 0. The summed E-state index contributed by atoms with van der Waals surface area (Å²) in [6, 6.07) is 5.73. The molecule has 6 heteroatoms. The Bertz CT molecular complexity index is 776. The van der Waals surface area contributed by atoms with Gasteiger partial charge in [-0.1, -0.05) is 12.1 Å². The molecule has 0 radical (unpaired) electrons. The van der Waals surface area contributed by atoms with Crippen molar-refractivity contribution in [1.82, 2.24) is 4.90 Å². The van der Waals surface area contributed by atoms with Gasteiger partial charge < -0.3 is 9.15 Å². The number of amides is 2. The number of imide groups is 1. The second kappa shape index (κ2) is 6.24. The summed E-state index contributed by atoms with van der Waals surface area (Å²) in [6.45, 7) is 1.96. The topological polar surface area (TPSA) is 76.8 Å². The maximum atomic E-state index is 11.9. The molecule has 0 aliphatic carbocycles. The van der Waals surface area contributed by atoms with E-state index >= 15 is 0 Å². The van der Waals surface area contributed by atoms with Gasteiger partial charge in [0.2, 0.25) is 5.91 Å². The van der Waals surface area contributed by atoms with Crippen LogP contribution in [-0.2, 0) is 25.5 Å². The normalized spacial score (nSPS) is 14.5. The predicted molar refractivity (Wildman–Crippen MR) is 81.6 cm³/mol. The van der Waals surface area contributed by atoms with Gasteiger partial charge in [-0.05, 0) is 25.0 Å². The second-order valence-electron chi connectivity index (χ2n) is 5.64. The van der Waals surface area contributed by atoms with Crippen LogP contribution in [0.15, 0.2) is 28.9 Å². The molecule has 1 aromatic heterocycles. The van der Waals surface area contributed by atoms with Crippen molar-refractivity contribution in [2.24, 2.45) is 0 Å². The molecular formula is C17H17NO5. The number of hydrogen-bond acceptors (Lipinski definition) is 5. The highest BCUT2D eigenvalue weighted by atomic mass is 16.5. The summed E-state index contributed by atoms with van der Waals surface area (Å²) in [5.74, 6) is -1.19. The largest absolute Gasteiger partial charge is 0.464 e. The number of hydrogen-bond donors (Lipinski definition) is 0. The van der Waals surface area contributed by atoms with Crippen molar-refractivity contribution in [3.63, 3.8) is 0 Å². The third-order valence-corrected chi connectivity index (χ3v) is 3.88. The lowest BCUT2D eigenvalue weighted by Gasteiger charge is -2.13. The maximum absolute atomic E-state index is 11.9. The molecule has 2 amide bonds. The van der Waals surface area contributed by atoms with Crippen molar-refractivity contribution in [3.05, 3.63) is 35.6 Å². The Morgan fingerprint density at radius 3 is 2.91 bits per heavy atom. The average molecular weight is 315 g/mol. The fourth-order valence-corrected chi connectivity index (χ4v) is 2.67. The smallest absolute Gasteiger partial charge is 0.310 e. The van der Waals surface area contributed by atoms with Crippen LogP contribution in [0.3, 0.4) is 0 Å². The van der Waals surface area contributed by atoms with E-state index in [1.54, 1.807) is 0 Å². The number of nitrogens with zero attached hydrogens (tertiary/aromatic N) is 1. The van der Waals surface area contributed by atoms with Crippen LogP contribution < -0.4 is 0 Å². The van der Waals surface area contributed by atoms with E-state index in [0.717, 1.165) is 21.4 Å². The SMILES string of the molecule is Cc1ccc2c(CC(=O)OCC(=O)N3CCCC3=O)coc2c1. The number of fused-ring (bicyclic) bond motifs is 1. The Hall–Kier alpha value is -2.63. The molecule has 0 spiro atoms. The Balaban J connectivity index is 1.58. The van der Waals surface area contributed by atoms with Gasteiger partial charge in [-0.3, -0.25) is 19.3 Å². The number of esters is 1. The summed E-state index contributed by atoms with van der Waals surface area (Å²) in [5, 5.41) is 0.855. The van der Waals surface area contributed by atoms with Gasteiger partial charge in [0.05, 0.1) is 12.7 Å². The van der Waals surface area contributed by atoms with Crippen LogP contribution in [0.1, 0.15) is 24.0 Å². The van der Waals surface area contributed by atoms with Crippen LogP contribution in [0.4, 0.5) is 0 Å². The summed E-state index contributed by atoms with van der Waals surface area (Å²) in [6.07, 6.45) is 2.59. The highest BCUT2D eigenvalue weighted by Gasteiger charge is 2.27. The highest BCUT2D eigenvalue weighted by Crippen LogP contribution is 2.23. The molecule has 0 N–H and O–H groups in total. The molecule has 6 nitrogen and oxygen atoms in total. The Morgan fingerprint density at radius 1 is 1.35 bits per heavy atom. The van der Waals surface area contributed by atoms with Crippen LogP contribution in [0, 0.1) is 6.92 Å². The number of carbonyl (C=O) groups is 3. The number of rotatable bonds is 4. The first-order valence-corrected chi connectivity index (χ1v) is 7.50. The second-order valence-corrected chi connectivity index (χ2v) is 5.64. The molecule has 1 aromatic carbocycles. The zero-order chi connectivity index (χ0) is 16.4. The summed E-state index contributed by atoms with van der Waals surface area (Å²) in [5.41, 5.74) is 2.50. The molecular weight excluding hydrogens is 298 g/mol. The number of aryl methyl sites for hydroxylation is 1. The first-order chi connectivity index (χ1) is 11.0. The Morgan fingerprint density at radius 2 is 2.17 bits per heavy atom. The molecule has 1 aliphatic rings. The molecule has 120 valence electrons. The van der Waals surface area contributed by atoms with Gasteiger partial charge in [0.25, 0.3) is 5.91 Å². The maximum Gasteiger partial charge on any atom is 0.310 e. The zero-order valence-corrected chi connectivity index (χ0v) is 12.8. The van der Waals surface area contributed by atoms with Gasteiger partial charge in [0.15, 0.2) is 6.61 Å². The molecule has 1 saturated heterocycles. The molecule has 23 heavy (non-hydrogen) atoms. The minimum absolute atomic E-state index is 0.0251. The van der Waals surface area contributed by atoms with Gasteiger partial charge >= 0.3 is 5.97 Å². The van der Waals surface area contributed by atoms with Gasteiger partial charge in [-0.2, -0.15) is 0 Å². The average Bonchev–Trinajstić information content (AvgIpc) is 3.11. The fourth-order valence-electron chi connectivity index (χ4n) is 2.67. The summed E-state index contributed by atoms with van der Waals surface area (Å²) < 4.78 is 10.4. The van der Waals surface area contributed by atoms with Crippen molar-refractivity contribution in [3.8, 4) is 0 Å². The lowest BCUT2D eigenvalue weighted by molar-refractivity contribution is -0.154. The van der Waals surface area contributed by atoms with E-state index in [1.165, 1.54) is 6.26 Å². The zero-order valence-electron chi connectivity index (χ0n) is 12.8. The molecule has 2 heterocycles. The number of likely N-dealkylation sites (tertiary alicyclic amines) is 1. The third kappa shape index (κ3) is 3.26. The van der Waals surface area contributed by atoms with Crippen LogP contribution >= 0.6 is 0 Å². The van der Waals surface area contributed by atoms with Crippen molar-refractivity contribution < 1.29 is 23.5 Å². The van der Waals surface area contributed by atoms with E-state index in [9.17, 15) is 14.4 Å². The number of furan rings is 1. The third-order valence-electron chi connectivity index (χ3n) is 3.88. The van der Waals surface area contributed by atoms with Crippen molar-refractivity contribution >= 4 is 28.8 Å². The highest BCUT2D eigenvalue weighted by molar-refractivity contribution is 5.97. The molecule has 0 bridgehead atoms. The van der Waals surface area contributed by atoms with E-state index < -0.39 is 18.5 Å². The quantitative estimate of drug-likeness (QED) is 0.806. The van der Waals surface area contributed by atoms with Gasteiger partial charge in [-0.15, -0.1) is 0 Å². The van der Waals surface area contributed by atoms with E-state index in [4.69, 9.17) is 9.15 Å². The molecule has 3 rings (SSSR count). The van der Waals surface area contributed by atoms with Crippen LogP contribution in [0.2, 0.25) is 0 Å². The fraction of sp³-hybridized carbons (Fsp3) is 0.353. The minimum Gasteiger partial charge on any atom is -0.464 e. The Kier molecular flexibility index (Phi) is 4.14. The van der Waals surface area contributed by atoms with Crippen molar-refractivity contribution in [2.45, 2.75) is 26.2 Å². The number of benzene rings is 1. The molecule has 0 unspecified atom stereocenters. The molecule has 1 fully saturated rings. The lowest BCUT2D eigenvalue weighted by Crippen LogP contribution is -2.35. The number of ether oxygens (including phenoxy) is 1. The molecule has 0 atom stereocenters. The summed E-state index contributed by atoms with van der Waals surface area (Å²) >= 11 is 0. The first-order valence-electron chi connectivity index (χ1n) is 7.50. The van der Waals surface area contributed by atoms with Crippen molar-refractivity contribution in [2.75, 3.05) is 13.2 Å². The van der Waals surface area contributed by atoms with E-state index in [2.05, 4.69) is 0 Å². The molecule has 1 aliphatic heterocycles. The minimum atomic E-state index is -0.520. The van der Waals surface area contributed by atoms with E-state index in [-0.39, 0.29) is 12.3 Å². The van der Waals surface area contributed by atoms with Gasteiger partial charge in [0.1, 0.15) is 5.58 Å². The van der Waals surface area contributed by atoms with Crippen LogP contribution in [-0.4, -0.2) is 35.8 Å². The van der Waals surface area contributed by atoms with Gasteiger partial charge in [0, 0.05) is 23.9 Å². The van der Waals surface area contributed by atoms with E-state index in [0.29, 0.717) is 25.0 Å². The lowest BCUT2D eigenvalue weighted by atomic mass is 10.1. The monoisotopic (exact) mass is 315 g/mol. The van der Waals surface area contributed by atoms with Crippen molar-refractivity contribution in [1.29, 1.82) is 0 Å². The first kappa shape index (κ1) is 15.3.